The first-order valence-electron chi connectivity index (χ1n) is 8.33. The Kier molecular flexibility index (Phi) is 12.9. The van der Waals surface area contributed by atoms with Crippen LogP contribution in [-0.4, -0.2) is 10.3 Å². The van der Waals surface area contributed by atoms with Crippen LogP contribution in [0.5, 0.6) is 0 Å². The van der Waals surface area contributed by atoms with Crippen molar-refractivity contribution in [2.24, 2.45) is 11.8 Å². The van der Waals surface area contributed by atoms with E-state index < -0.39 is 0 Å². The molecule has 21 heavy (non-hydrogen) atoms. The van der Waals surface area contributed by atoms with Crippen LogP contribution in [0.4, 0.5) is 0 Å². The summed E-state index contributed by atoms with van der Waals surface area (Å²) in [4.78, 5) is 0. The second-order valence-corrected chi connectivity index (χ2v) is 6.78. The molecule has 0 radical (unpaired) electrons. The average Bonchev–Trinajstić information content (AvgIpc) is 2.97. The van der Waals surface area contributed by atoms with E-state index in [1.54, 1.807) is 0 Å². The molecule has 1 saturated carbocycles. The summed E-state index contributed by atoms with van der Waals surface area (Å²) in [7, 11) is 0. The van der Waals surface area contributed by atoms with Gasteiger partial charge in [-0.25, -0.2) is 0 Å². The van der Waals surface area contributed by atoms with E-state index in [0.29, 0.717) is 5.92 Å². The van der Waals surface area contributed by atoms with Crippen LogP contribution < -0.4 is 0 Å². The second kappa shape index (κ2) is 13.2. The Hall–Kier alpha value is -0.470. The van der Waals surface area contributed by atoms with Crippen LogP contribution in [-0.2, 0) is 0 Å². The van der Waals surface area contributed by atoms with Gasteiger partial charge in [-0.1, -0.05) is 82.4 Å². The summed E-state index contributed by atoms with van der Waals surface area (Å²) in [5.41, 5.74) is 2.71. The van der Waals surface area contributed by atoms with E-state index in [1.807, 2.05) is 6.92 Å². The molecule has 1 aliphatic carbocycles. The van der Waals surface area contributed by atoms with Gasteiger partial charge in [-0.15, -0.1) is 0 Å². The lowest BCUT2D eigenvalue weighted by molar-refractivity contribution is 0.548. The first kappa shape index (κ1) is 20.5. The van der Waals surface area contributed by atoms with Gasteiger partial charge < -0.3 is 4.55 Å². The van der Waals surface area contributed by atoms with Gasteiger partial charge in [-0.05, 0) is 43.6 Å². The topological polar surface area (TPSA) is 20.2 Å². The molecule has 0 aliphatic heterocycles. The molecule has 0 unspecified atom stereocenters. The lowest BCUT2D eigenvalue weighted by atomic mass is 9.96. The highest BCUT2D eigenvalue weighted by molar-refractivity contribution is 7.93. The third kappa shape index (κ3) is 10.8. The van der Waals surface area contributed by atoms with E-state index in [9.17, 15) is 0 Å². The quantitative estimate of drug-likeness (QED) is 0.408. The predicted molar refractivity (Wildman–Crippen MR) is 98.8 cm³/mol. The van der Waals surface area contributed by atoms with Gasteiger partial charge in [0.05, 0.1) is 0 Å². The van der Waals surface area contributed by atoms with Gasteiger partial charge in [0, 0.05) is 5.75 Å². The van der Waals surface area contributed by atoms with Crippen LogP contribution in [0.3, 0.4) is 0 Å². The van der Waals surface area contributed by atoms with Gasteiger partial charge in [-0.3, -0.25) is 0 Å². The summed E-state index contributed by atoms with van der Waals surface area (Å²) in [5, 5.41) is 0. The number of hydrogen-bond donors (Lipinski definition) is 1. The smallest absolute Gasteiger partial charge is 0.0192 e. The largest absolute Gasteiger partial charge is 0.330 e. The minimum absolute atomic E-state index is 0.556. The van der Waals surface area contributed by atoms with E-state index in [0.717, 1.165) is 30.1 Å². The number of allylic oxidation sites excluding steroid dienone is 5. The van der Waals surface area contributed by atoms with E-state index in [1.165, 1.54) is 43.3 Å². The average molecular weight is 311 g/mol. The van der Waals surface area contributed by atoms with Gasteiger partial charge >= 0.3 is 0 Å². The molecule has 0 bridgehead atoms. The fourth-order valence-corrected chi connectivity index (χ4v) is 2.51. The molecule has 1 fully saturated rings. The summed E-state index contributed by atoms with van der Waals surface area (Å²) in [6.45, 7) is 12.6. The highest BCUT2D eigenvalue weighted by Crippen LogP contribution is 2.30. The van der Waals surface area contributed by atoms with Crippen molar-refractivity contribution in [2.75, 3.05) is 5.75 Å². The Labute approximate surface area is 136 Å². The van der Waals surface area contributed by atoms with Crippen LogP contribution >= 0.6 is 12.0 Å². The van der Waals surface area contributed by atoms with Crippen molar-refractivity contribution in [1.82, 2.24) is 0 Å². The van der Waals surface area contributed by atoms with Gasteiger partial charge in [0.2, 0.25) is 0 Å². The number of rotatable bonds is 7. The normalized spacial score (nSPS) is 16.4. The molecule has 0 aromatic rings. The molecule has 0 aromatic carbocycles. The Balaban J connectivity index is 0.000000690. The molecule has 0 spiro atoms. The van der Waals surface area contributed by atoms with Crippen LogP contribution in [0.25, 0.3) is 0 Å². The van der Waals surface area contributed by atoms with E-state index >= 15 is 0 Å². The first-order chi connectivity index (χ1) is 10.0. The van der Waals surface area contributed by atoms with Crippen molar-refractivity contribution in [3.63, 3.8) is 0 Å². The zero-order valence-electron chi connectivity index (χ0n) is 14.4. The summed E-state index contributed by atoms with van der Waals surface area (Å²) in [6.07, 6.45) is 14.7. The molecule has 1 nitrogen and oxygen atoms in total. The zero-order valence-corrected chi connectivity index (χ0v) is 15.2. The highest BCUT2D eigenvalue weighted by Gasteiger charge is 2.15. The first-order valence-corrected chi connectivity index (χ1v) is 9.27. The monoisotopic (exact) mass is 310 g/mol. The van der Waals surface area contributed by atoms with Crippen molar-refractivity contribution in [2.45, 2.75) is 66.2 Å². The van der Waals surface area contributed by atoms with E-state index in [4.69, 9.17) is 4.55 Å². The molecule has 2 heteroatoms. The molecule has 0 heterocycles. The van der Waals surface area contributed by atoms with Crippen LogP contribution in [0.15, 0.2) is 36.0 Å². The second-order valence-electron chi connectivity index (χ2n) is 6.11. The van der Waals surface area contributed by atoms with E-state index in [-0.39, 0.29) is 0 Å². The van der Waals surface area contributed by atoms with Crippen molar-refractivity contribution in [3.8, 4) is 0 Å². The Morgan fingerprint density at radius 2 is 1.90 bits per heavy atom. The van der Waals surface area contributed by atoms with Crippen molar-refractivity contribution in [3.05, 3.63) is 36.0 Å². The van der Waals surface area contributed by atoms with Gasteiger partial charge in [-0.2, -0.15) is 0 Å². The molecule has 1 aliphatic rings. The third-order valence-electron chi connectivity index (χ3n) is 3.92. The fourth-order valence-electron chi connectivity index (χ4n) is 2.33. The van der Waals surface area contributed by atoms with Crippen molar-refractivity contribution < 1.29 is 4.55 Å². The zero-order chi connectivity index (χ0) is 16.1. The lowest BCUT2D eigenvalue weighted by Gasteiger charge is -2.10. The molecule has 0 aromatic heterocycles. The summed E-state index contributed by atoms with van der Waals surface area (Å²) in [5.74, 6) is 2.35. The molecule has 0 amide bonds. The molecular formula is C19H34OS. The van der Waals surface area contributed by atoms with Crippen molar-refractivity contribution in [1.29, 1.82) is 0 Å². The maximum atomic E-state index is 7.98. The molecule has 122 valence electrons. The molecule has 1 N–H and O–H groups in total. The summed E-state index contributed by atoms with van der Waals surface area (Å²) in [6, 6.07) is 0. The molecule has 1 rings (SSSR count). The van der Waals surface area contributed by atoms with Gasteiger partial charge in [0.25, 0.3) is 0 Å². The maximum absolute atomic E-state index is 7.98. The van der Waals surface area contributed by atoms with Crippen LogP contribution in [0.2, 0.25) is 0 Å². The van der Waals surface area contributed by atoms with Gasteiger partial charge in [0.15, 0.2) is 0 Å². The molecular weight excluding hydrogens is 276 g/mol. The minimum Gasteiger partial charge on any atom is -0.330 e. The summed E-state index contributed by atoms with van der Waals surface area (Å²) >= 11 is 0.902. The Morgan fingerprint density at radius 3 is 2.29 bits per heavy atom. The lowest BCUT2D eigenvalue weighted by Crippen LogP contribution is -1.95. The minimum atomic E-state index is 0.556. The van der Waals surface area contributed by atoms with Crippen LogP contribution in [0, 0.1) is 11.8 Å². The molecule has 0 saturated heterocycles. The van der Waals surface area contributed by atoms with E-state index in [2.05, 4.69) is 45.6 Å². The number of hydrogen-bond acceptors (Lipinski definition) is 2. The standard InChI is InChI=1S/C16H26.C3H8OS/c1-5-15(11-10-14(4)13(2)3)12-16-8-6-7-9-16;1-2-3-5-4/h5,10-11,13,16H,4,6-9,12H2,1-3H3;4H,2-3H2,1H3/b11-10-,15-5+;. The highest BCUT2D eigenvalue weighted by atomic mass is 32.2. The molecule has 0 atom stereocenters. The Bertz CT molecular complexity index is 320. The third-order valence-corrected chi connectivity index (χ3v) is 4.51. The maximum Gasteiger partial charge on any atom is 0.0192 e. The summed E-state index contributed by atoms with van der Waals surface area (Å²) < 4.78 is 7.98. The predicted octanol–water partition coefficient (Wildman–Crippen LogP) is 6.88. The Morgan fingerprint density at radius 1 is 1.29 bits per heavy atom. The van der Waals surface area contributed by atoms with Crippen LogP contribution in [0.1, 0.15) is 66.2 Å². The SMILES string of the molecule is C=C(/C=C\C(=C/C)CC1CCCC1)C(C)C.CCCSO. The van der Waals surface area contributed by atoms with Gasteiger partial charge in [0.1, 0.15) is 0 Å². The fraction of sp³-hybridized carbons (Fsp3) is 0.684. The van der Waals surface area contributed by atoms with Crippen molar-refractivity contribution >= 4 is 12.0 Å².